The van der Waals surface area contributed by atoms with Crippen LogP contribution in [0, 0.1) is 6.92 Å². The molecule has 0 N–H and O–H groups in total. The van der Waals surface area contributed by atoms with Gasteiger partial charge in [-0.25, -0.2) is 0 Å². The zero-order chi connectivity index (χ0) is 39.4. The second-order valence-electron chi connectivity index (χ2n) is 15.0. The molecule has 0 saturated carbocycles. The fourth-order valence-corrected chi connectivity index (χ4v) is 7.29. The summed E-state index contributed by atoms with van der Waals surface area (Å²) in [5, 5.41) is 0. The van der Waals surface area contributed by atoms with Crippen molar-refractivity contribution in [2.45, 2.75) is 212 Å². The third-order valence-corrected chi connectivity index (χ3v) is 11.1. The topological polar surface area (TPSA) is 96.0 Å². The average Bonchev–Trinajstić information content (AvgIpc) is 3.16. The summed E-state index contributed by atoms with van der Waals surface area (Å²) < 4.78 is 42.2. The van der Waals surface area contributed by atoms with E-state index in [0.717, 1.165) is 69.8 Å². The van der Waals surface area contributed by atoms with Gasteiger partial charge in [-0.05, 0) is 83.3 Å². The van der Waals surface area contributed by atoms with Gasteiger partial charge in [0, 0.05) is 12.8 Å². The standard InChI is InChI=1S/C46H78O7S/c1-4-6-8-10-12-14-16-18-20-22-24-26-28-30-32-34-45(47)51-40-43(53-54(49,50)44-38-36-42(3)37-39-44)41-52-46(48)35-33-31-29-27-25-23-21-19-17-15-13-11-9-7-5-2/h18-21,36-39,43H,4-17,22-35,40-41H2,1-3H3/b20-18-,21-19-. The van der Waals surface area contributed by atoms with Crippen LogP contribution < -0.4 is 0 Å². The molecule has 0 amide bonds. The molecule has 1 aromatic carbocycles. The number of benzene rings is 1. The van der Waals surface area contributed by atoms with Crippen molar-refractivity contribution in [2.75, 3.05) is 13.2 Å². The number of hydrogen-bond acceptors (Lipinski definition) is 7. The first-order chi connectivity index (χ1) is 26.3. The van der Waals surface area contributed by atoms with Crippen LogP contribution >= 0.6 is 0 Å². The number of aryl methyl sites for hydroxylation is 1. The molecule has 0 radical (unpaired) electrons. The Morgan fingerprint density at radius 2 is 0.852 bits per heavy atom. The van der Waals surface area contributed by atoms with Crippen LogP contribution in [0.2, 0.25) is 0 Å². The Hall–Kier alpha value is -2.45. The van der Waals surface area contributed by atoms with Gasteiger partial charge in [0.2, 0.25) is 0 Å². The minimum absolute atomic E-state index is 0.00246. The largest absolute Gasteiger partial charge is 0.463 e. The molecule has 54 heavy (non-hydrogen) atoms. The quantitative estimate of drug-likeness (QED) is 0.0287. The van der Waals surface area contributed by atoms with Gasteiger partial charge in [0.05, 0.1) is 4.90 Å². The SMILES string of the molecule is CCCCCCCC/C=C\CCCCCCCC(=O)OCC(COC(=O)CCCCCCC/C=C\CCCCCCCC)OS(=O)(=O)c1ccc(C)cc1. The van der Waals surface area contributed by atoms with E-state index >= 15 is 0 Å². The molecule has 1 aromatic rings. The lowest BCUT2D eigenvalue weighted by molar-refractivity contribution is -0.151. The smallest absolute Gasteiger partial charge is 0.305 e. The van der Waals surface area contributed by atoms with Crippen molar-refractivity contribution in [3.63, 3.8) is 0 Å². The van der Waals surface area contributed by atoms with Crippen molar-refractivity contribution in [1.82, 2.24) is 0 Å². The normalized spacial score (nSPS) is 12.0. The average molecular weight is 775 g/mol. The number of ether oxygens (including phenoxy) is 2. The van der Waals surface area contributed by atoms with E-state index < -0.39 is 28.2 Å². The summed E-state index contributed by atoms with van der Waals surface area (Å²) in [6.45, 7) is 5.74. The molecule has 0 aliphatic heterocycles. The Balaban J connectivity index is 2.31. The van der Waals surface area contributed by atoms with Gasteiger partial charge in [0.1, 0.15) is 19.3 Å². The molecule has 0 aliphatic rings. The molecule has 0 unspecified atom stereocenters. The molecule has 0 spiro atoms. The number of hydrogen-bond donors (Lipinski definition) is 0. The molecule has 310 valence electrons. The van der Waals surface area contributed by atoms with Crippen LogP contribution in [0.25, 0.3) is 0 Å². The fourth-order valence-electron chi connectivity index (χ4n) is 6.24. The maximum atomic E-state index is 13.0. The van der Waals surface area contributed by atoms with Gasteiger partial charge in [0.25, 0.3) is 10.1 Å². The lowest BCUT2D eigenvalue weighted by Crippen LogP contribution is -2.31. The number of rotatable bonds is 37. The van der Waals surface area contributed by atoms with Gasteiger partial charge in [-0.2, -0.15) is 8.42 Å². The zero-order valence-corrected chi connectivity index (χ0v) is 35.5. The third-order valence-electron chi connectivity index (χ3n) is 9.72. The second kappa shape index (κ2) is 35.0. The van der Waals surface area contributed by atoms with Crippen LogP contribution in [0.3, 0.4) is 0 Å². The van der Waals surface area contributed by atoms with E-state index in [1.807, 2.05) is 6.92 Å². The molecule has 0 aliphatic carbocycles. The van der Waals surface area contributed by atoms with Crippen molar-refractivity contribution in [1.29, 1.82) is 0 Å². The Morgan fingerprint density at radius 3 is 1.22 bits per heavy atom. The van der Waals surface area contributed by atoms with E-state index in [-0.39, 0.29) is 31.0 Å². The molecule has 8 heteroatoms. The van der Waals surface area contributed by atoms with Gasteiger partial charge >= 0.3 is 11.9 Å². The molecule has 7 nitrogen and oxygen atoms in total. The summed E-state index contributed by atoms with van der Waals surface area (Å²) in [4.78, 5) is 25.0. The van der Waals surface area contributed by atoms with Gasteiger partial charge in [-0.15, -0.1) is 0 Å². The minimum atomic E-state index is -4.15. The summed E-state index contributed by atoms with van der Waals surface area (Å²) in [6.07, 6.45) is 39.1. The molecular formula is C46H78O7S. The highest BCUT2D eigenvalue weighted by Crippen LogP contribution is 2.17. The minimum Gasteiger partial charge on any atom is -0.463 e. The number of esters is 2. The van der Waals surface area contributed by atoms with Gasteiger partial charge < -0.3 is 9.47 Å². The van der Waals surface area contributed by atoms with Gasteiger partial charge in [-0.1, -0.05) is 159 Å². The van der Waals surface area contributed by atoms with Crippen LogP contribution in [0.4, 0.5) is 0 Å². The fraction of sp³-hybridized carbons (Fsp3) is 0.739. The number of carbonyl (C=O) groups excluding carboxylic acids is 2. The third kappa shape index (κ3) is 29.9. The molecule has 1 rings (SSSR count). The van der Waals surface area contributed by atoms with Crippen LogP contribution in [0.5, 0.6) is 0 Å². The lowest BCUT2D eigenvalue weighted by atomic mass is 10.1. The number of allylic oxidation sites excluding steroid dienone is 4. The summed E-state index contributed by atoms with van der Waals surface area (Å²) in [5.74, 6) is -0.817. The molecule has 0 heterocycles. The van der Waals surface area contributed by atoms with E-state index in [1.165, 1.54) is 102 Å². The summed E-state index contributed by atoms with van der Waals surface area (Å²) in [7, 11) is -4.15. The maximum Gasteiger partial charge on any atom is 0.305 e. The van der Waals surface area contributed by atoms with E-state index in [4.69, 9.17) is 13.7 Å². The highest BCUT2D eigenvalue weighted by molar-refractivity contribution is 7.86. The molecule has 0 aromatic heterocycles. The molecule has 0 fully saturated rings. The Morgan fingerprint density at radius 1 is 0.519 bits per heavy atom. The van der Waals surface area contributed by atoms with Crippen molar-refractivity contribution >= 4 is 22.1 Å². The predicted molar refractivity (Wildman–Crippen MR) is 224 cm³/mol. The van der Waals surface area contributed by atoms with Crippen molar-refractivity contribution in [2.24, 2.45) is 0 Å². The van der Waals surface area contributed by atoms with Gasteiger partial charge in [-0.3, -0.25) is 13.8 Å². The van der Waals surface area contributed by atoms with Crippen molar-refractivity contribution < 1.29 is 31.7 Å². The molecule has 0 atom stereocenters. The molecule has 0 saturated heterocycles. The van der Waals surface area contributed by atoms with Crippen LogP contribution in [-0.4, -0.2) is 39.7 Å². The summed E-state index contributed by atoms with van der Waals surface area (Å²) in [6, 6.07) is 6.32. The van der Waals surface area contributed by atoms with Gasteiger partial charge in [0.15, 0.2) is 0 Å². The Labute approximate surface area is 331 Å². The highest BCUT2D eigenvalue weighted by atomic mass is 32.2. The van der Waals surface area contributed by atoms with Crippen molar-refractivity contribution in [3.8, 4) is 0 Å². The first kappa shape index (κ1) is 49.6. The molecule has 0 bridgehead atoms. The summed E-state index contributed by atoms with van der Waals surface area (Å²) >= 11 is 0. The van der Waals surface area contributed by atoms with Crippen LogP contribution in [0.1, 0.15) is 199 Å². The lowest BCUT2D eigenvalue weighted by Gasteiger charge is -2.18. The monoisotopic (exact) mass is 775 g/mol. The highest BCUT2D eigenvalue weighted by Gasteiger charge is 2.25. The maximum absolute atomic E-state index is 13.0. The number of carbonyl (C=O) groups is 2. The first-order valence-electron chi connectivity index (χ1n) is 21.9. The van der Waals surface area contributed by atoms with Crippen molar-refractivity contribution in [3.05, 3.63) is 54.1 Å². The van der Waals surface area contributed by atoms with E-state index in [0.29, 0.717) is 12.8 Å². The van der Waals surface area contributed by atoms with E-state index in [2.05, 4.69) is 38.2 Å². The second-order valence-corrected chi connectivity index (χ2v) is 16.6. The van der Waals surface area contributed by atoms with E-state index in [9.17, 15) is 18.0 Å². The predicted octanol–water partition coefficient (Wildman–Crippen LogP) is 13.2. The van der Waals surface area contributed by atoms with Crippen LogP contribution in [-0.2, 0) is 33.4 Å². The van der Waals surface area contributed by atoms with E-state index in [1.54, 1.807) is 12.1 Å². The zero-order valence-electron chi connectivity index (χ0n) is 34.7. The molecular weight excluding hydrogens is 697 g/mol. The Bertz CT molecular complexity index is 1150. The summed E-state index contributed by atoms with van der Waals surface area (Å²) in [5.41, 5.74) is 0.916. The Kier molecular flexibility index (Phi) is 32.1. The first-order valence-corrected chi connectivity index (χ1v) is 23.3. The van der Waals surface area contributed by atoms with Crippen LogP contribution in [0.15, 0.2) is 53.5 Å². The number of unbranched alkanes of at least 4 members (excludes halogenated alkanes) is 22.